The van der Waals surface area contributed by atoms with Crippen LogP contribution in [0.5, 0.6) is 5.75 Å². The van der Waals surface area contributed by atoms with Crippen LogP contribution in [0.1, 0.15) is 43.6 Å². The molecule has 0 aliphatic heterocycles. The summed E-state index contributed by atoms with van der Waals surface area (Å²) in [5.41, 5.74) is 1.71. The highest BCUT2D eigenvalue weighted by Crippen LogP contribution is 2.34. The van der Waals surface area contributed by atoms with Gasteiger partial charge in [0.2, 0.25) is 5.95 Å². The minimum Gasteiger partial charge on any atom is -0.497 e. The zero-order chi connectivity index (χ0) is 18.8. The fourth-order valence-corrected chi connectivity index (χ4v) is 3.98. The first-order valence-corrected chi connectivity index (χ1v) is 9.40. The molecule has 0 saturated carbocycles. The Labute approximate surface area is 160 Å². The van der Waals surface area contributed by atoms with Crippen LogP contribution in [-0.2, 0) is 6.42 Å². The van der Waals surface area contributed by atoms with E-state index < -0.39 is 0 Å². The predicted molar refractivity (Wildman–Crippen MR) is 103 cm³/mol. The van der Waals surface area contributed by atoms with Crippen LogP contribution in [0.15, 0.2) is 48.0 Å². The summed E-state index contributed by atoms with van der Waals surface area (Å²) in [5.74, 6) is 0.742. The molecule has 136 valence electrons. The highest BCUT2D eigenvalue weighted by atomic mass is 32.1. The van der Waals surface area contributed by atoms with Crippen LogP contribution < -0.4 is 10.1 Å². The molecule has 2 aromatic heterocycles. The Hall–Kier alpha value is -3.06. The Morgan fingerprint density at radius 3 is 2.74 bits per heavy atom. The number of amides is 1. The second-order valence-corrected chi connectivity index (χ2v) is 7.26. The molecule has 1 aliphatic carbocycles. The van der Waals surface area contributed by atoms with Gasteiger partial charge in [-0.25, -0.2) is 9.97 Å². The predicted octanol–water partition coefficient (Wildman–Crippen LogP) is 3.71. The Morgan fingerprint density at radius 2 is 2.04 bits per heavy atom. The molecule has 0 radical (unpaired) electrons. The van der Waals surface area contributed by atoms with Gasteiger partial charge in [0.1, 0.15) is 5.75 Å². The molecule has 0 saturated heterocycles. The largest absolute Gasteiger partial charge is 0.497 e. The third-order valence-corrected chi connectivity index (χ3v) is 5.60. The lowest BCUT2D eigenvalue weighted by Gasteiger charge is -2.22. The number of benzene rings is 1. The number of aromatic nitrogens is 2. The third-order valence-electron chi connectivity index (χ3n) is 4.56. The third kappa shape index (κ3) is 3.59. The zero-order valence-corrected chi connectivity index (χ0v) is 15.5. The number of carbonyl (C=O) groups excluding carboxylic acids is 2. The minimum atomic E-state index is -0.311. The molecule has 1 atom stereocenters. The molecule has 1 aliphatic rings. The quantitative estimate of drug-likeness (QED) is 0.747. The maximum atomic E-state index is 12.4. The lowest BCUT2D eigenvalue weighted by atomic mass is 9.86. The van der Waals surface area contributed by atoms with Crippen LogP contribution in [0.2, 0.25) is 0 Å². The SMILES string of the molecule is COc1ccc(C(=O)Nc2ncc3c(n2)CC(c2cccs2)CC3=O)cc1. The van der Waals surface area contributed by atoms with Gasteiger partial charge >= 0.3 is 0 Å². The fraction of sp³-hybridized carbons (Fsp3) is 0.200. The van der Waals surface area contributed by atoms with E-state index in [0.29, 0.717) is 35.4 Å². The van der Waals surface area contributed by atoms with Gasteiger partial charge in [0.15, 0.2) is 5.78 Å². The van der Waals surface area contributed by atoms with Crippen molar-refractivity contribution < 1.29 is 14.3 Å². The molecule has 27 heavy (non-hydrogen) atoms. The van der Waals surface area contributed by atoms with Gasteiger partial charge in [0, 0.05) is 29.0 Å². The monoisotopic (exact) mass is 379 g/mol. The Morgan fingerprint density at radius 1 is 1.22 bits per heavy atom. The summed E-state index contributed by atoms with van der Waals surface area (Å²) < 4.78 is 5.09. The van der Waals surface area contributed by atoms with E-state index in [1.165, 1.54) is 11.1 Å². The highest BCUT2D eigenvalue weighted by molar-refractivity contribution is 7.10. The molecule has 1 N–H and O–H groups in total. The summed E-state index contributed by atoms with van der Waals surface area (Å²) in [7, 11) is 1.57. The van der Waals surface area contributed by atoms with E-state index in [-0.39, 0.29) is 23.6 Å². The van der Waals surface area contributed by atoms with Gasteiger partial charge in [-0.2, -0.15) is 0 Å². The normalized spacial score (nSPS) is 15.9. The van der Waals surface area contributed by atoms with Crippen molar-refractivity contribution in [1.29, 1.82) is 0 Å². The Bertz CT molecular complexity index is 984. The first-order chi connectivity index (χ1) is 13.1. The van der Waals surface area contributed by atoms with Crippen molar-refractivity contribution in [1.82, 2.24) is 9.97 Å². The molecule has 1 aromatic carbocycles. The number of carbonyl (C=O) groups is 2. The van der Waals surface area contributed by atoms with Gasteiger partial charge in [-0.15, -0.1) is 11.3 Å². The number of hydrogen-bond donors (Lipinski definition) is 1. The maximum absolute atomic E-state index is 12.4. The molecular weight excluding hydrogens is 362 g/mol. The number of nitrogens with one attached hydrogen (secondary N) is 1. The average molecular weight is 379 g/mol. The summed E-state index contributed by atoms with van der Waals surface area (Å²) in [6.07, 6.45) is 2.64. The Balaban J connectivity index is 1.54. The van der Waals surface area contributed by atoms with Crippen molar-refractivity contribution in [2.45, 2.75) is 18.8 Å². The molecule has 0 spiro atoms. The van der Waals surface area contributed by atoms with E-state index in [4.69, 9.17) is 4.74 Å². The van der Waals surface area contributed by atoms with Gasteiger partial charge in [-0.1, -0.05) is 6.07 Å². The van der Waals surface area contributed by atoms with Crippen LogP contribution in [0.4, 0.5) is 5.95 Å². The van der Waals surface area contributed by atoms with E-state index in [2.05, 4.69) is 15.3 Å². The summed E-state index contributed by atoms with van der Waals surface area (Å²) in [4.78, 5) is 34.6. The van der Waals surface area contributed by atoms with Crippen molar-refractivity contribution in [2.24, 2.45) is 0 Å². The smallest absolute Gasteiger partial charge is 0.258 e. The first kappa shape index (κ1) is 17.4. The van der Waals surface area contributed by atoms with Crippen LogP contribution in [0.25, 0.3) is 0 Å². The number of methoxy groups -OCH3 is 1. The maximum Gasteiger partial charge on any atom is 0.258 e. The standard InChI is InChI=1S/C20H17N3O3S/c1-26-14-6-4-12(5-7-14)19(25)23-20-21-11-15-16(22-20)9-13(10-17(15)24)18-3-2-8-27-18/h2-8,11,13H,9-10H2,1H3,(H,21,22,23,25). The summed E-state index contributed by atoms with van der Waals surface area (Å²) >= 11 is 1.65. The van der Waals surface area contributed by atoms with Gasteiger partial charge in [0.05, 0.1) is 18.4 Å². The zero-order valence-electron chi connectivity index (χ0n) is 14.6. The van der Waals surface area contributed by atoms with Crippen molar-refractivity contribution in [3.8, 4) is 5.75 Å². The van der Waals surface area contributed by atoms with Crippen LogP contribution in [0.3, 0.4) is 0 Å². The molecule has 3 aromatic rings. The number of nitrogens with zero attached hydrogens (tertiary/aromatic N) is 2. The first-order valence-electron chi connectivity index (χ1n) is 8.52. The van der Waals surface area contributed by atoms with E-state index in [1.54, 1.807) is 42.7 Å². The van der Waals surface area contributed by atoms with Gasteiger partial charge in [-0.3, -0.25) is 14.9 Å². The molecule has 0 bridgehead atoms. The molecule has 2 heterocycles. The summed E-state index contributed by atoms with van der Waals surface area (Å²) in [6, 6.07) is 10.8. The molecule has 1 unspecified atom stereocenters. The molecule has 0 fully saturated rings. The van der Waals surface area contributed by atoms with Crippen molar-refractivity contribution in [3.63, 3.8) is 0 Å². The van der Waals surface area contributed by atoms with Crippen LogP contribution in [-0.4, -0.2) is 28.8 Å². The van der Waals surface area contributed by atoms with E-state index >= 15 is 0 Å². The van der Waals surface area contributed by atoms with E-state index in [0.717, 1.165) is 0 Å². The second kappa shape index (κ2) is 7.28. The van der Waals surface area contributed by atoms with Gasteiger partial charge in [0.25, 0.3) is 5.91 Å². The fourth-order valence-electron chi connectivity index (χ4n) is 3.15. The molecule has 7 heteroatoms. The van der Waals surface area contributed by atoms with Crippen molar-refractivity contribution in [2.75, 3.05) is 12.4 Å². The lowest BCUT2D eigenvalue weighted by Crippen LogP contribution is -2.22. The minimum absolute atomic E-state index is 0.0441. The molecule has 4 rings (SSSR count). The van der Waals surface area contributed by atoms with Crippen LogP contribution in [0, 0.1) is 0 Å². The molecular formula is C20H17N3O3S. The van der Waals surface area contributed by atoms with Crippen LogP contribution >= 0.6 is 11.3 Å². The summed E-state index contributed by atoms with van der Waals surface area (Å²) in [6.45, 7) is 0. The number of ether oxygens (including phenoxy) is 1. The average Bonchev–Trinajstić information content (AvgIpc) is 3.22. The molecule has 1 amide bonds. The number of ketones is 1. The second-order valence-electron chi connectivity index (χ2n) is 6.28. The lowest BCUT2D eigenvalue weighted by molar-refractivity contribution is 0.0963. The van der Waals surface area contributed by atoms with Crippen molar-refractivity contribution in [3.05, 3.63) is 69.7 Å². The number of Topliss-reactive ketones (excluding diaryl/α,β-unsaturated/α-hetero) is 1. The van der Waals surface area contributed by atoms with E-state index in [1.807, 2.05) is 17.5 Å². The molecule has 6 nitrogen and oxygen atoms in total. The topological polar surface area (TPSA) is 81.2 Å². The number of fused-ring (bicyclic) bond motifs is 1. The number of rotatable bonds is 4. The van der Waals surface area contributed by atoms with Gasteiger partial charge in [-0.05, 0) is 42.1 Å². The number of hydrogen-bond acceptors (Lipinski definition) is 6. The number of thiophene rings is 1. The summed E-state index contributed by atoms with van der Waals surface area (Å²) in [5, 5.41) is 4.71. The van der Waals surface area contributed by atoms with E-state index in [9.17, 15) is 9.59 Å². The van der Waals surface area contributed by atoms with Crippen molar-refractivity contribution >= 4 is 29.0 Å². The van der Waals surface area contributed by atoms with Gasteiger partial charge < -0.3 is 4.74 Å². The highest BCUT2D eigenvalue weighted by Gasteiger charge is 2.28. The number of anilines is 1. The Kier molecular flexibility index (Phi) is 4.68.